The number of hydrogen-bond donors (Lipinski definition) is 4. The smallest absolute Gasteiger partial charge is 0.246 e. The van der Waals surface area contributed by atoms with Gasteiger partial charge in [-0.25, -0.2) is 4.99 Å². The van der Waals surface area contributed by atoms with E-state index in [1.165, 1.54) is 12.1 Å². The van der Waals surface area contributed by atoms with E-state index in [9.17, 15) is 9.90 Å². The molecule has 0 aliphatic carbocycles. The number of anilines is 1. The SMILES string of the molecule is CCCCNC(=NCC(=O)Nc1ccc(O)cc1)NCC.I. The first kappa shape index (κ1) is 20.5. The third-order valence-corrected chi connectivity index (χ3v) is 2.70. The van der Waals surface area contributed by atoms with E-state index < -0.39 is 0 Å². The molecule has 124 valence electrons. The van der Waals surface area contributed by atoms with Gasteiger partial charge in [-0.1, -0.05) is 13.3 Å². The molecule has 0 heterocycles. The Hall–Kier alpha value is -1.51. The number of benzene rings is 1. The summed E-state index contributed by atoms with van der Waals surface area (Å²) in [7, 11) is 0. The zero-order valence-electron chi connectivity index (χ0n) is 13.1. The molecule has 0 atom stereocenters. The van der Waals surface area contributed by atoms with E-state index in [-0.39, 0.29) is 42.2 Å². The lowest BCUT2D eigenvalue weighted by Crippen LogP contribution is -2.38. The summed E-state index contributed by atoms with van der Waals surface area (Å²) in [6.07, 6.45) is 2.16. The van der Waals surface area contributed by atoms with Gasteiger partial charge >= 0.3 is 0 Å². The highest BCUT2D eigenvalue weighted by molar-refractivity contribution is 14.0. The quantitative estimate of drug-likeness (QED) is 0.179. The van der Waals surface area contributed by atoms with Gasteiger partial charge in [-0.2, -0.15) is 0 Å². The van der Waals surface area contributed by atoms with Gasteiger partial charge in [-0.3, -0.25) is 4.79 Å². The molecule has 0 aliphatic rings. The molecule has 6 nitrogen and oxygen atoms in total. The maximum Gasteiger partial charge on any atom is 0.246 e. The molecule has 0 radical (unpaired) electrons. The molecule has 0 aliphatic heterocycles. The van der Waals surface area contributed by atoms with Gasteiger partial charge in [-0.05, 0) is 37.6 Å². The van der Waals surface area contributed by atoms with Crippen LogP contribution in [0.2, 0.25) is 0 Å². The van der Waals surface area contributed by atoms with Gasteiger partial charge < -0.3 is 21.1 Å². The van der Waals surface area contributed by atoms with Crippen LogP contribution < -0.4 is 16.0 Å². The second-order valence-electron chi connectivity index (χ2n) is 4.57. The van der Waals surface area contributed by atoms with Crippen LogP contribution in [0, 0.1) is 0 Å². The fraction of sp³-hybridized carbons (Fsp3) is 0.467. The normalized spacial score (nSPS) is 10.5. The highest BCUT2D eigenvalue weighted by Crippen LogP contribution is 2.13. The number of rotatable bonds is 7. The number of amides is 1. The molecule has 1 rings (SSSR count). The van der Waals surface area contributed by atoms with E-state index in [0.717, 1.165) is 25.9 Å². The lowest BCUT2D eigenvalue weighted by Gasteiger charge is -2.10. The molecule has 0 bridgehead atoms. The average Bonchev–Trinajstić information content (AvgIpc) is 2.47. The first-order valence-electron chi connectivity index (χ1n) is 7.26. The van der Waals surface area contributed by atoms with Crippen LogP contribution in [-0.4, -0.2) is 36.6 Å². The Morgan fingerprint density at radius 1 is 1.18 bits per heavy atom. The molecule has 1 aromatic carbocycles. The van der Waals surface area contributed by atoms with Gasteiger partial charge in [0, 0.05) is 18.8 Å². The van der Waals surface area contributed by atoms with E-state index in [1.54, 1.807) is 12.1 Å². The maximum absolute atomic E-state index is 11.8. The Morgan fingerprint density at radius 3 is 2.45 bits per heavy atom. The standard InChI is InChI=1S/C15H24N4O2.HI/c1-3-5-10-17-15(16-4-2)18-11-14(21)19-12-6-8-13(20)9-7-12;/h6-9,20H,3-5,10-11H2,1-2H3,(H,19,21)(H2,16,17,18);1H. The van der Waals surface area contributed by atoms with Crippen LogP contribution in [0.15, 0.2) is 29.3 Å². The molecule has 0 saturated carbocycles. The average molecular weight is 420 g/mol. The maximum atomic E-state index is 11.8. The van der Waals surface area contributed by atoms with Crippen molar-refractivity contribution in [2.45, 2.75) is 26.7 Å². The van der Waals surface area contributed by atoms with Crippen molar-refractivity contribution in [2.24, 2.45) is 4.99 Å². The van der Waals surface area contributed by atoms with E-state index in [2.05, 4.69) is 27.9 Å². The predicted octanol–water partition coefficient (Wildman–Crippen LogP) is 2.30. The minimum atomic E-state index is -0.201. The zero-order chi connectivity index (χ0) is 15.5. The Balaban J connectivity index is 0.00000441. The topological polar surface area (TPSA) is 85.8 Å². The van der Waals surface area contributed by atoms with Gasteiger partial charge in [0.15, 0.2) is 5.96 Å². The summed E-state index contributed by atoms with van der Waals surface area (Å²) < 4.78 is 0. The van der Waals surface area contributed by atoms with Crippen LogP contribution in [0.25, 0.3) is 0 Å². The first-order chi connectivity index (χ1) is 10.2. The largest absolute Gasteiger partial charge is 0.508 e. The van der Waals surface area contributed by atoms with Crippen LogP contribution in [0.3, 0.4) is 0 Å². The van der Waals surface area contributed by atoms with Crippen molar-refractivity contribution < 1.29 is 9.90 Å². The number of nitrogens with one attached hydrogen (secondary N) is 3. The summed E-state index contributed by atoms with van der Waals surface area (Å²) in [5.74, 6) is 0.612. The molecule has 0 saturated heterocycles. The van der Waals surface area contributed by atoms with Crippen molar-refractivity contribution in [2.75, 3.05) is 25.0 Å². The Kier molecular flexibility index (Phi) is 11.2. The number of nitrogens with zero attached hydrogens (tertiary/aromatic N) is 1. The molecule has 22 heavy (non-hydrogen) atoms. The van der Waals surface area contributed by atoms with Crippen molar-refractivity contribution in [3.05, 3.63) is 24.3 Å². The van der Waals surface area contributed by atoms with Crippen LogP contribution in [0.5, 0.6) is 5.75 Å². The number of carbonyl (C=O) groups is 1. The van der Waals surface area contributed by atoms with Gasteiger partial charge in [0.1, 0.15) is 12.3 Å². The predicted molar refractivity (Wildman–Crippen MR) is 101 cm³/mol. The summed E-state index contributed by atoms with van der Waals surface area (Å²) in [5, 5.41) is 18.2. The lowest BCUT2D eigenvalue weighted by atomic mass is 10.3. The van der Waals surface area contributed by atoms with Gasteiger partial charge in [0.2, 0.25) is 5.91 Å². The zero-order valence-corrected chi connectivity index (χ0v) is 15.4. The van der Waals surface area contributed by atoms with E-state index >= 15 is 0 Å². The third kappa shape index (κ3) is 8.71. The number of guanidine groups is 1. The van der Waals surface area contributed by atoms with E-state index in [0.29, 0.717) is 11.6 Å². The molecular formula is C15H25IN4O2. The van der Waals surface area contributed by atoms with Crippen LogP contribution in [-0.2, 0) is 4.79 Å². The molecule has 0 unspecified atom stereocenters. The van der Waals surface area contributed by atoms with E-state index in [1.807, 2.05) is 6.92 Å². The number of phenolic OH excluding ortho intramolecular Hbond substituents is 1. The minimum absolute atomic E-state index is 0. The van der Waals surface area contributed by atoms with E-state index in [4.69, 9.17) is 0 Å². The summed E-state index contributed by atoms with van der Waals surface area (Å²) in [5.41, 5.74) is 0.636. The summed E-state index contributed by atoms with van der Waals surface area (Å²) in [6, 6.07) is 6.33. The fourth-order valence-corrected chi connectivity index (χ4v) is 1.62. The first-order valence-corrected chi connectivity index (χ1v) is 7.26. The Morgan fingerprint density at radius 2 is 1.86 bits per heavy atom. The number of aliphatic imine (C=N–C) groups is 1. The van der Waals surface area contributed by atoms with Crippen molar-refractivity contribution in [3.63, 3.8) is 0 Å². The molecule has 1 amide bonds. The Bertz CT molecular complexity index is 463. The molecule has 1 aromatic rings. The van der Waals surface area contributed by atoms with Crippen LogP contribution in [0.1, 0.15) is 26.7 Å². The second kappa shape index (κ2) is 12.1. The van der Waals surface area contributed by atoms with Gasteiger partial charge in [0.05, 0.1) is 0 Å². The Labute approximate surface area is 148 Å². The summed E-state index contributed by atoms with van der Waals surface area (Å²) in [4.78, 5) is 16.0. The number of carbonyl (C=O) groups excluding carboxylic acids is 1. The lowest BCUT2D eigenvalue weighted by molar-refractivity contribution is -0.114. The van der Waals surface area contributed by atoms with Gasteiger partial charge in [-0.15, -0.1) is 24.0 Å². The van der Waals surface area contributed by atoms with Crippen molar-refractivity contribution in [1.82, 2.24) is 10.6 Å². The van der Waals surface area contributed by atoms with Gasteiger partial charge in [0.25, 0.3) is 0 Å². The molecule has 0 spiro atoms. The number of unbranched alkanes of at least 4 members (excludes halogenated alkanes) is 1. The number of aromatic hydroxyl groups is 1. The van der Waals surface area contributed by atoms with Crippen molar-refractivity contribution in [3.8, 4) is 5.75 Å². The number of phenols is 1. The monoisotopic (exact) mass is 420 g/mol. The van der Waals surface area contributed by atoms with Crippen LogP contribution in [0.4, 0.5) is 5.69 Å². The minimum Gasteiger partial charge on any atom is -0.508 e. The highest BCUT2D eigenvalue weighted by atomic mass is 127. The molecular weight excluding hydrogens is 395 g/mol. The molecule has 0 aromatic heterocycles. The van der Waals surface area contributed by atoms with Crippen LogP contribution >= 0.6 is 24.0 Å². The fourth-order valence-electron chi connectivity index (χ4n) is 1.62. The molecule has 4 N–H and O–H groups in total. The summed E-state index contributed by atoms with van der Waals surface area (Å²) in [6.45, 7) is 5.73. The third-order valence-electron chi connectivity index (χ3n) is 2.70. The number of halogens is 1. The van der Waals surface area contributed by atoms with Crippen molar-refractivity contribution in [1.29, 1.82) is 0 Å². The van der Waals surface area contributed by atoms with Crippen molar-refractivity contribution >= 4 is 41.5 Å². The molecule has 0 fully saturated rings. The second-order valence-corrected chi connectivity index (χ2v) is 4.57. The number of hydrogen-bond acceptors (Lipinski definition) is 3. The molecule has 7 heteroatoms. The summed E-state index contributed by atoms with van der Waals surface area (Å²) >= 11 is 0. The highest BCUT2D eigenvalue weighted by Gasteiger charge is 2.03.